The Morgan fingerprint density at radius 1 is 1.18 bits per heavy atom. The summed E-state index contributed by atoms with van der Waals surface area (Å²) in [5.74, 6) is -0.227. The lowest BCUT2D eigenvalue weighted by Crippen LogP contribution is -1.97. The number of carbonyl (C=O) groups excluding carboxylic acids is 2. The number of hydrogen-bond donors (Lipinski definition) is 0. The van der Waals surface area contributed by atoms with Crippen molar-refractivity contribution in [2.75, 3.05) is 7.11 Å². The lowest BCUT2D eigenvalue weighted by Gasteiger charge is -2.03. The highest BCUT2D eigenvalue weighted by atomic mass is 16.5. The van der Waals surface area contributed by atoms with Crippen molar-refractivity contribution in [3.8, 4) is 0 Å². The van der Waals surface area contributed by atoms with E-state index in [-0.39, 0.29) is 11.8 Å². The van der Waals surface area contributed by atoms with Crippen LogP contribution in [0.4, 0.5) is 0 Å². The minimum absolute atomic E-state index is 0.138. The Hall–Kier alpha value is -1.90. The van der Waals surface area contributed by atoms with Gasteiger partial charge < -0.3 is 4.74 Å². The topological polar surface area (TPSA) is 43.4 Å². The van der Waals surface area contributed by atoms with E-state index in [2.05, 4.69) is 4.74 Å². The van der Waals surface area contributed by atoms with Gasteiger partial charge in [0.2, 0.25) is 0 Å². The number of carbonyl (C=O) groups is 2. The molecule has 3 nitrogen and oxygen atoms in total. The molecule has 0 bridgehead atoms. The van der Waals surface area contributed by atoms with Gasteiger partial charge in [0.25, 0.3) is 0 Å². The Kier molecular flexibility index (Phi) is 4.64. The SMILES string of the molecule is COC(=O)/C=C(\C)c1ccc(CC(C)=O)cc1. The molecule has 0 amide bonds. The van der Waals surface area contributed by atoms with E-state index >= 15 is 0 Å². The molecule has 0 fully saturated rings. The smallest absolute Gasteiger partial charge is 0.330 e. The Morgan fingerprint density at radius 2 is 1.76 bits per heavy atom. The van der Waals surface area contributed by atoms with Gasteiger partial charge in [-0.3, -0.25) is 4.79 Å². The van der Waals surface area contributed by atoms with Gasteiger partial charge in [0.1, 0.15) is 5.78 Å². The molecule has 0 heterocycles. The fourth-order valence-corrected chi connectivity index (χ4v) is 1.49. The zero-order chi connectivity index (χ0) is 12.8. The van der Waals surface area contributed by atoms with Gasteiger partial charge in [-0.05, 0) is 30.5 Å². The normalized spacial score (nSPS) is 11.1. The number of ketones is 1. The molecule has 0 aliphatic carbocycles. The summed E-state index contributed by atoms with van der Waals surface area (Å²) in [6, 6.07) is 7.58. The maximum Gasteiger partial charge on any atom is 0.330 e. The molecule has 0 aromatic heterocycles. The first-order valence-corrected chi connectivity index (χ1v) is 5.38. The average molecular weight is 232 g/mol. The summed E-state index contributed by atoms with van der Waals surface area (Å²) in [6.07, 6.45) is 1.89. The monoisotopic (exact) mass is 232 g/mol. The van der Waals surface area contributed by atoms with Crippen LogP contribution in [0.1, 0.15) is 25.0 Å². The predicted octanol–water partition coefficient (Wildman–Crippen LogP) is 2.39. The molecule has 3 heteroatoms. The standard InChI is InChI=1S/C14H16O3/c1-10(8-14(16)17-3)13-6-4-12(5-7-13)9-11(2)15/h4-8H,9H2,1-3H3/b10-8+. The summed E-state index contributed by atoms with van der Waals surface area (Å²) in [5, 5.41) is 0. The molecule has 17 heavy (non-hydrogen) atoms. The molecule has 0 aliphatic heterocycles. The molecule has 1 aromatic rings. The summed E-state index contributed by atoms with van der Waals surface area (Å²) in [5.41, 5.74) is 2.76. The van der Waals surface area contributed by atoms with Gasteiger partial charge in [0, 0.05) is 12.5 Å². The highest BCUT2D eigenvalue weighted by molar-refractivity contribution is 5.90. The second-order valence-electron chi connectivity index (χ2n) is 3.93. The molecule has 0 aliphatic rings. The van der Waals surface area contributed by atoms with Gasteiger partial charge in [-0.2, -0.15) is 0 Å². The molecular formula is C14H16O3. The van der Waals surface area contributed by atoms with Crippen LogP contribution in [0.25, 0.3) is 5.57 Å². The summed E-state index contributed by atoms with van der Waals surface area (Å²) < 4.78 is 4.56. The van der Waals surface area contributed by atoms with Crippen molar-refractivity contribution in [3.63, 3.8) is 0 Å². The van der Waals surface area contributed by atoms with Crippen LogP contribution >= 0.6 is 0 Å². The average Bonchev–Trinajstić information content (AvgIpc) is 2.28. The second-order valence-corrected chi connectivity index (χ2v) is 3.93. The van der Waals surface area contributed by atoms with Gasteiger partial charge >= 0.3 is 5.97 Å². The fourth-order valence-electron chi connectivity index (χ4n) is 1.49. The number of benzene rings is 1. The highest BCUT2D eigenvalue weighted by Crippen LogP contribution is 2.15. The van der Waals surface area contributed by atoms with E-state index in [9.17, 15) is 9.59 Å². The summed E-state index contributed by atoms with van der Waals surface area (Å²) in [7, 11) is 1.35. The van der Waals surface area contributed by atoms with Crippen molar-refractivity contribution >= 4 is 17.3 Å². The maximum atomic E-state index is 11.1. The van der Waals surface area contributed by atoms with Crippen LogP contribution < -0.4 is 0 Å². The quantitative estimate of drug-likeness (QED) is 0.591. The first-order valence-electron chi connectivity index (χ1n) is 5.38. The van der Waals surface area contributed by atoms with Gasteiger partial charge in [0.15, 0.2) is 0 Å². The highest BCUT2D eigenvalue weighted by Gasteiger charge is 2.01. The number of ether oxygens (including phenoxy) is 1. The minimum atomic E-state index is -0.365. The van der Waals surface area contributed by atoms with Gasteiger partial charge in [-0.1, -0.05) is 24.3 Å². The van der Waals surface area contributed by atoms with Crippen LogP contribution in [0.5, 0.6) is 0 Å². The van der Waals surface area contributed by atoms with E-state index in [1.165, 1.54) is 13.2 Å². The molecule has 0 spiro atoms. The van der Waals surface area contributed by atoms with Gasteiger partial charge in [-0.15, -0.1) is 0 Å². The molecule has 0 atom stereocenters. The van der Waals surface area contributed by atoms with E-state index in [0.717, 1.165) is 16.7 Å². The zero-order valence-electron chi connectivity index (χ0n) is 10.3. The van der Waals surface area contributed by atoms with Crippen LogP contribution in [0, 0.1) is 0 Å². The maximum absolute atomic E-state index is 11.1. The Labute approximate surface area is 101 Å². The Bertz CT molecular complexity index is 441. The molecule has 1 rings (SSSR count). The fraction of sp³-hybridized carbons (Fsp3) is 0.286. The number of hydrogen-bond acceptors (Lipinski definition) is 3. The Balaban J connectivity index is 2.83. The van der Waals surface area contributed by atoms with Crippen LogP contribution in [0.15, 0.2) is 30.3 Å². The third-order valence-corrected chi connectivity index (χ3v) is 2.40. The molecule has 1 aromatic carbocycles. The first-order chi connectivity index (χ1) is 8.02. The third kappa shape index (κ3) is 4.23. The minimum Gasteiger partial charge on any atom is -0.466 e. The van der Waals surface area contributed by atoms with Crippen molar-refractivity contribution in [3.05, 3.63) is 41.5 Å². The van der Waals surface area contributed by atoms with E-state index in [0.29, 0.717) is 6.42 Å². The first kappa shape index (κ1) is 13.2. The molecule has 0 saturated heterocycles. The van der Waals surface area contributed by atoms with E-state index in [1.807, 2.05) is 31.2 Å². The Morgan fingerprint density at radius 3 is 2.24 bits per heavy atom. The summed E-state index contributed by atoms with van der Waals surface area (Å²) in [4.78, 5) is 22.0. The molecule has 90 valence electrons. The number of methoxy groups -OCH3 is 1. The number of esters is 1. The van der Waals surface area contributed by atoms with Crippen molar-refractivity contribution in [2.24, 2.45) is 0 Å². The van der Waals surface area contributed by atoms with E-state index in [1.54, 1.807) is 6.92 Å². The number of allylic oxidation sites excluding steroid dienone is 1. The lowest BCUT2D eigenvalue weighted by molar-refractivity contribution is -0.134. The van der Waals surface area contributed by atoms with E-state index in [4.69, 9.17) is 0 Å². The van der Waals surface area contributed by atoms with Crippen LogP contribution in [-0.2, 0) is 20.7 Å². The molecule has 0 radical (unpaired) electrons. The molecular weight excluding hydrogens is 216 g/mol. The third-order valence-electron chi connectivity index (χ3n) is 2.40. The van der Waals surface area contributed by atoms with Crippen LogP contribution in [0.3, 0.4) is 0 Å². The number of rotatable bonds is 4. The zero-order valence-corrected chi connectivity index (χ0v) is 10.3. The van der Waals surface area contributed by atoms with Crippen molar-refractivity contribution in [1.82, 2.24) is 0 Å². The van der Waals surface area contributed by atoms with Crippen molar-refractivity contribution in [1.29, 1.82) is 0 Å². The second kappa shape index (κ2) is 5.99. The van der Waals surface area contributed by atoms with Gasteiger partial charge in [0.05, 0.1) is 7.11 Å². The van der Waals surface area contributed by atoms with Crippen LogP contribution in [-0.4, -0.2) is 18.9 Å². The van der Waals surface area contributed by atoms with Crippen molar-refractivity contribution in [2.45, 2.75) is 20.3 Å². The summed E-state index contributed by atoms with van der Waals surface area (Å²) >= 11 is 0. The number of Topliss-reactive ketones (excluding diaryl/α,β-unsaturated/α-hetero) is 1. The van der Waals surface area contributed by atoms with Crippen molar-refractivity contribution < 1.29 is 14.3 Å². The molecule has 0 unspecified atom stereocenters. The largest absolute Gasteiger partial charge is 0.466 e. The molecule has 0 N–H and O–H groups in total. The van der Waals surface area contributed by atoms with E-state index < -0.39 is 0 Å². The molecule has 0 saturated carbocycles. The summed E-state index contributed by atoms with van der Waals surface area (Å²) in [6.45, 7) is 3.41. The lowest BCUT2D eigenvalue weighted by atomic mass is 10.0. The van der Waals surface area contributed by atoms with Gasteiger partial charge in [-0.25, -0.2) is 4.79 Å². The predicted molar refractivity (Wildman–Crippen MR) is 66.5 cm³/mol. The van der Waals surface area contributed by atoms with Crippen LogP contribution in [0.2, 0.25) is 0 Å².